The number of carbonyl (C=O) groups is 3. The Bertz CT molecular complexity index is 1500. The van der Waals surface area contributed by atoms with E-state index in [0.29, 0.717) is 38.7 Å². The first-order chi connectivity index (χ1) is 17.9. The summed E-state index contributed by atoms with van der Waals surface area (Å²) < 4.78 is 0. The largest absolute Gasteiger partial charge is 0.478 e. The van der Waals surface area contributed by atoms with Gasteiger partial charge in [0.15, 0.2) is 0 Å². The van der Waals surface area contributed by atoms with Crippen molar-refractivity contribution >= 4 is 35.1 Å². The zero-order valence-corrected chi connectivity index (χ0v) is 20.2. The van der Waals surface area contributed by atoms with E-state index in [-0.39, 0.29) is 30.3 Å². The van der Waals surface area contributed by atoms with E-state index in [4.69, 9.17) is 11.6 Å². The number of pyridine rings is 2. The molecule has 1 atom stereocenters. The summed E-state index contributed by atoms with van der Waals surface area (Å²) in [5, 5.41) is 13.0. The number of fused-ring (bicyclic) bond motifs is 1. The molecule has 0 spiro atoms. The Morgan fingerprint density at radius 3 is 2.51 bits per heavy atom. The van der Waals surface area contributed by atoms with Gasteiger partial charge in [-0.1, -0.05) is 23.7 Å². The van der Waals surface area contributed by atoms with Crippen LogP contribution < -0.4 is 5.32 Å². The number of amides is 2. The number of hydrogen-bond donors (Lipinski definition) is 2. The monoisotopic (exact) mass is 512 g/mol. The first-order valence-corrected chi connectivity index (χ1v) is 11.9. The van der Waals surface area contributed by atoms with Crippen molar-refractivity contribution in [1.29, 1.82) is 0 Å². The van der Waals surface area contributed by atoms with E-state index >= 15 is 0 Å². The molecule has 2 N–H and O–H groups in total. The third-order valence-corrected chi connectivity index (χ3v) is 6.43. The highest BCUT2D eigenvalue weighted by molar-refractivity contribution is 6.31. The summed E-state index contributed by atoms with van der Waals surface area (Å²) in [4.78, 5) is 49.0. The topological polar surface area (TPSA) is 112 Å². The Labute approximate surface area is 217 Å². The van der Waals surface area contributed by atoms with Crippen LogP contribution in [0.2, 0.25) is 5.02 Å². The molecule has 184 valence electrons. The van der Waals surface area contributed by atoms with Gasteiger partial charge in [-0.25, -0.2) is 4.79 Å². The fraction of sp³-hybridized carbons (Fsp3) is 0.107. The second-order valence-corrected chi connectivity index (χ2v) is 9.01. The van der Waals surface area contributed by atoms with Crippen molar-refractivity contribution in [3.05, 3.63) is 113 Å². The van der Waals surface area contributed by atoms with Crippen LogP contribution in [0.4, 0.5) is 5.69 Å². The molecular formula is C28H21ClN4O4. The maximum absolute atomic E-state index is 13.8. The Morgan fingerprint density at radius 1 is 0.973 bits per heavy atom. The fourth-order valence-corrected chi connectivity index (χ4v) is 4.58. The number of aromatic carboxylic acids is 1. The molecule has 4 aromatic rings. The minimum atomic E-state index is -1.07. The molecule has 1 aliphatic rings. The van der Waals surface area contributed by atoms with Gasteiger partial charge in [0.2, 0.25) is 5.91 Å². The van der Waals surface area contributed by atoms with Gasteiger partial charge < -0.3 is 15.3 Å². The number of aromatic nitrogens is 2. The van der Waals surface area contributed by atoms with Gasteiger partial charge in [0.05, 0.1) is 16.8 Å². The number of nitrogens with one attached hydrogen (secondary N) is 1. The summed E-state index contributed by atoms with van der Waals surface area (Å²) in [6.45, 7) is 0.0732. The van der Waals surface area contributed by atoms with Crippen molar-refractivity contribution in [2.24, 2.45) is 0 Å². The third-order valence-electron chi connectivity index (χ3n) is 6.20. The minimum Gasteiger partial charge on any atom is -0.478 e. The molecule has 3 heterocycles. The lowest BCUT2D eigenvalue weighted by atomic mass is 9.97. The molecule has 0 fully saturated rings. The van der Waals surface area contributed by atoms with Gasteiger partial charge in [0.25, 0.3) is 5.91 Å². The predicted molar refractivity (Wildman–Crippen MR) is 138 cm³/mol. The number of carboxylic acids is 1. The summed E-state index contributed by atoms with van der Waals surface area (Å²) in [5.74, 6) is -1.78. The van der Waals surface area contributed by atoms with Crippen molar-refractivity contribution in [1.82, 2.24) is 14.9 Å². The summed E-state index contributed by atoms with van der Waals surface area (Å²) in [5.41, 5.74) is 3.28. The highest BCUT2D eigenvalue weighted by Crippen LogP contribution is 2.30. The number of carboxylic acid groups (broad SMARTS) is 1. The highest BCUT2D eigenvalue weighted by atomic mass is 35.5. The van der Waals surface area contributed by atoms with Crippen molar-refractivity contribution in [3.8, 4) is 11.1 Å². The van der Waals surface area contributed by atoms with Gasteiger partial charge in [-0.3, -0.25) is 19.6 Å². The molecule has 0 saturated carbocycles. The minimum absolute atomic E-state index is 0.0732. The number of hydrogen-bond acceptors (Lipinski definition) is 5. The lowest BCUT2D eigenvalue weighted by Crippen LogP contribution is -2.46. The van der Waals surface area contributed by atoms with Gasteiger partial charge in [-0.05, 0) is 71.3 Å². The Hall–Kier alpha value is -4.56. The number of benzene rings is 2. The van der Waals surface area contributed by atoms with E-state index < -0.39 is 12.0 Å². The van der Waals surface area contributed by atoms with E-state index in [1.807, 2.05) is 6.07 Å². The van der Waals surface area contributed by atoms with Crippen molar-refractivity contribution in [2.45, 2.75) is 19.0 Å². The molecule has 5 rings (SSSR count). The van der Waals surface area contributed by atoms with E-state index in [1.165, 1.54) is 11.0 Å². The normalized spacial score (nSPS) is 15.1. The second-order valence-electron chi connectivity index (χ2n) is 8.57. The molecule has 8 nitrogen and oxygen atoms in total. The van der Waals surface area contributed by atoms with E-state index in [9.17, 15) is 19.5 Å². The molecule has 2 aromatic heterocycles. The van der Waals surface area contributed by atoms with Gasteiger partial charge in [0.1, 0.15) is 6.04 Å². The quantitative estimate of drug-likeness (QED) is 0.387. The lowest BCUT2D eigenvalue weighted by molar-refractivity contribution is -0.120. The fourth-order valence-electron chi connectivity index (χ4n) is 4.41. The Balaban J connectivity index is 1.58. The van der Waals surface area contributed by atoms with Crippen molar-refractivity contribution in [3.63, 3.8) is 0 Å². The maximum Gasteiger partial charge on any atom is 0.336 e. The smallest absolute Gasteiger partial charge is 0.336 e. The van der Waals surface area contributed by atoms with E-state index in [0.717, 1.165) is 0 Å². The van der Waals surface area contributed by atoms with Crippen LogP contribution >= 0.6 is 11.6 Å². The van der Waals surface area contributed by atoms with Crippen LogP contribution in [0.15, 0.2) is 85.3 Å². The van der Waals surface area contributed by atoms with Gasteiger partial charge in [0, 0.05) is 42.3 Å². The number of halogens is 1. The van der Waals surface area contributed by atoms with Crippen LogP contribution in [0.3, 0.4) is 0 Å². The van der Waals surface area contributed by atoms with Crippen LogP contribution in [-0.4, -0.2) is 43.8 Å². The molecular weight excluding hydrogens is 492 g/mol. The molecule has 1 unspecified atom stereocenters. The molecule has 0 aliphatic carbocycles. The second kappa shape index (κ2) is 10.2. The third kappa shape index (κ3) is 5.05. The number of nitrogens with zero attached hydrogens (tertiary/aromatic N) is 3. The van der Waals surface area contributed by atoms with Crippen LogP contribution in [-0.2, 0) is 17.8 Å². The molecule has 0 radical (unpaired) electrons. The first-order valence-electron chi connectivity index (χ1n) is 11.5. The average molecular weight is 513 g/mol. The van der Waals surface area contributed by atoms with Crippen LogP contribution in [0.5, 0.6) is 0 Å². The number of carbonyl (C=O) groups excluding carboxylic acids is 2. The van der Waals surface area contributed by atoms with Crippen LogP contribution in [0.25, 0.3) is 11.1 Å². The molecule has 1 aliphatic heterocycles. The maximum atomic E-state index is 13.8. The lowest BCUT2D eigenvalue weighted by Gasteiger charge is -2.29. The summed E-state index contributed by atoms with van der Waals surface area (Å²) in [6.07, 6.45) is 5.00. The van der Waals surface area contributed by atoms with Crippen molar-refractivity contribution in [2.75, 3.05) is 5.32 Å². The molecule has 2 aromatic carbocycles. The standard InChI is InChI=1S/C28H21ClN4O4/c29-19-5-7-22-24(14-19)32-26(34)25(15-20-3-1-2-10-31-20)33(27(22)35)16-17-4-6-21(28(36)37)23(13-17)18-8-11-30-12-9-18/h1-14,25H,15-16H2,(H,32,34)(H,36,37). The Morgan fingerprint density at radius 2 is 1.78 bits per heavy atom. The summed E-state index contributed by atoms with van der Waals surface area (Å²) >= 11 is 6.14. The van der Waals surface area contributed by atoms with E-state index in [1.54, 1.807) is 73.2 Å². The molecule has 0 saturated heterocycles. The van der Waals surface area contributed by atoms with Gasteiger partial charge in [-0.2, -0.15) is 0 Å². The average Bonchev–Trinajstić information content (AvgIpc) is 2.99. The molecule has 37 heavy (non-hydrogen) atoms. The number of rotatable bonds is 6. The summed E-state index contributed by atoms with van der Waals surface area (Å²) in [6, 6.07) is 17.6. The van der Waals surface area contributed by atoms with Crippen molar-refractivity contribution < 1.29 is 19.5 Å². The van der Waals surface area contributed by atoms with Crippen LogP contribution in [0.1, 0.15) is 32.0 Å². The Kier molecular flexibility index (Phi) is 6.66. The van der Waals surface area contributed by atoms with Gasteiger partial charge in [-0.15, -0.1) is 0 Å². The van der Waals surface area contributed by atoms with Crippen LogP contribution in [0, 0.1) is 0 Å². The molecule has 9 heteroatoms. The van der Waals surface area contributed by atoms with E-state index in [2.05, 4.69) is 15.3 Å². The summed E-state index contributed by atoms with van der Waals surface area (Å²) in [7, 11) is 0. The molecule has 0 bridgehead atoms. The predicted octanol–water partition coefficient (Wildman–Crippen LogP) is 4.70. The van der Waals surface area contributed by atoms with Gasteiger partial charge >= 0.3 is 5.97 Å². The zero-order chi connectivity index (χ0) is 25.9. The zero-order valence-electron chi connectivity index (χ0n) is 19.5. The highest BCUT2D eigenvalue weighted by Gasteiger charge is 2.36. The first kappa shape index (κ1) is 24.1. The SMILES string of the molecule is O=C(O)c1ccc(CN2C(=O)c3ccc(Cl)cc3NC(=O)C2Cc2ccccn2)cc1-c1ccncc1. The number of anilines is 1. The molecule has 2 amide bonds.